The number of rotatable bonds is 6. The Kier molecular flexibility index (Phi) is 7.98. The molecule has 28 heavy (non-hydrogen) atoms. The summed E-state index contributed by atoms with van der Waals surface area (Å²) in [4.78, 5) is 13.1. The van der Waals surface area contributed by atoms with Crippen LogP contribution < -0.4 is 4.90 Å². The molecule has 0 bridgehead atoms. The lowest BCUT2D eigenvalue weighted by Gasteiger charge is -2.36. The van der Waals surface area contributed by atoms with Gasteiger partial charge in [-0.2, -0.15) is 13.2 Å². The summed E-state index contributed by atoms with van der Waals surface area (Å²) < 4.78 is 38.7. The SMILES string of the molecule is CN(C)C(=NCCCCN1CCN(c2cccc(C(F)(F)F)c2)CC1)N(C)C. The predicted octanol–water partition coefficient (Wildman–Crippen LogP) is 3.09. The topological polar surface area (TPSA) is 25.3 Å². The fraction of sp³-hybridized carbons (Fsp3) is 0.650. The van der Waals surface area contributed by atoms with Crippen molar-refractivity contribution in [1.82, 2.24) is 14.7 Å². The van der Waals surface area contributed by atoms with Crippen LogP contribution >= 0.6 is 0 Å². The molecule has 1 heterocycles. The Hall–Kier alpha value is -1.96. The van der Waals surface area contributed by atoms with Crippen molar-refractivity contribution >= 4 is 11.6 Å². The number of hydrogen-bond acceptors (Lipinski definition) is 3. The number of aliphatic imine (C=N–C) groups is 1. The first-order chi connectivity index (χ1) is 13.2. The van der Waals surface area contributed by atoms with Crippen molar-refractivity contribution in [1.29, 1.82) is 0 Å². The van der Waals surface area contributed by atoms with Crippen LogP contribution in [0.3, 0.4) is 0 Å². The second-order valence-electron chi connectivity index (χ2n) is 7.55. The first-order valence-corrected chi connectivity index (χ1v) is 9.72. The molecule has 0 N–H and O–H groups in total. The molecule has 0 atom stereocenters. The van der Waals surface area contributed by atoms with Crippen LogP contribution in [0.1, 0.15) is 18.4 Å². The van der Waals surface area contributed by atoms with Crippen LogP contribution in [0.5, 0.6) is 0 Å². The molecule has 0 aromatic heterocycles. The minimum atomic E-state index is -4.29. The van der Waals surface area contributed by atoms with Crippen molar-refractivity contribution in [2.75, 3.05) is 72.4 Å². The van der Waals surface area contributed by atoms with E-state index in [1.807, 2.05) is 42.9 Å². The van der Waals surface area contributed by atoms with Crippen LogP contribution in [-0.2, 0) is 6.18 Å². The number of nitrogens with zero attached hydrogens (tertiary/aromatic N) is 5. The molecule has 0 saturated carbocycles. The maximum atomic E-state index is 12.9. The van der Waals surface area contributed by atoms with E-state index in [0.717, 1.165) is 64.1 Å². The van der Waals surface area contributed by atoms with Crippen molar-refractivity contribution < 1.29 is 13.2 Å². The van der Waals surface area contributed by atoms with Crippen molar-refractivity contribution in [2.45, 2.75) is 19.0 Å². The molecule has 0 spiro atoms. The average Bonchev–Trinajstić information content (AvgIpc) is 2.64. The maximum absolute atomic E-state index is 12.9. The molecule has 0 aliphatic carbocycles. The molecular weight excluding hydrogens is 367 g/mol. The van der Waals surface area contributed by atoms with Gasteiger partial charge in [0.15, 0.2) is 5.96 Å². The highest BCUT2D eigenvalue weighted by molar-refractivity contribution is 5.79. The molecule has 0 unspecified atom stereocenters. The van der Waals surface area contributed by atoms with Gasteiger partial charge >= 0.3 is 6.18 Å². The molecule has 158 valence electrons. The van der Waals surface area contributed by atoms with Gasteiger partial charge in [0.05, 0.1) is 5.56 Å². The second-order valence-corrected chi connectivity index (χ2v) is 7.55. The van der Waals surface area contributed by atoms with E-state index in [0.29, 0.717) is 5.69 Å². The van der Waals surface area contributed by atoms with E-state index >= 15 is 0 Å². The highest BCUT2D eigenvalue weighted by Crippen LogP contribution is 2.31. The molecule has 8 heteroatoms. The molecule has 0 amide bonds. The molecular formula is C20H32F3N5. The van der Waals surface area contributed by atoms with E-state index in [2.05, 4.69) is 9.89 Å². The minimum Gasteiger partial charge on any atom is -0.369 e. The molecule has 1 aliphatic rings. The monoisotopic (exact) mass is 399 g/mol. The Morgan fingerprint density at radius 3 is 2.21 bits per heavy atom. The van der Waals surface area contributed by atoms with Gasteiger partial charge in [0.2, 0.25) is 0 Å². The van der Waals surface area contributed by atoms with Crippen molar-refractivity contribution in [2.24, 2.45) is 4.99 Å². The van der Waals surface area contributed by atoms with Crippen molar-refractivity contribution in [3.63, 3.8) is 0 Å². The summed E-state index contributed by atoms with van der Waals surface area (Å²) >= 11 is 0. The summed E-state index contributed by atoms with van der Waals surface area (Å²) in [6.45, 7) is 5.07. The van der Waals surface area contributed by atoms with Gasteiger partial charge in [-0.1, -0.05) is 6.07 Å². The number of alkyl halides is 3. The fourth-order valence-electron chi connectivity index (χ4n) is 3.42. The van der Waals surface area contributed by atoms with Gasteiger partial charge in [-0.3, -0.25) is 9.89 Å². The Morgan fingerprint density at radius 1 is 1.00 bits per heavy atom. The average molecular weight is 400 g/mol. The lowest BCUT2D eigenvalue weighted by Crippen LogP contribution is -2.46. The summed E-state index contributed by atoms with van der Waals surface area (Å²) in [6, 6.07) is 5.62. The smallest absolute Gasteiger partial charge is 0.369 e. The first kappa shape index (κ1) is 22.3. The summed E-state index contributed by atoms with van der Waals surface area (Å²) in [7, 11) is 7.96. The molecule has 1 fully saturated rings. The molecule has 1 aromatic carbocycles. The van der Waals surface area contributed by atoms with E-state index in [-0.39, 0.29) is 0 Å². The number of piperazine rings is 1. The van der Waals surface area contributed by atoms with Crippen LogP contribution in [0.15, 0.2) is 29.3 Å². The predicted molar refractivity (Wildman–Crippen MR) is 109 cm³/mol. The number of unbranched alkanes of at least 4 members (excludes halogenated alkanes) is 1. The van der Waals surface area contributed by atoms with E-state index in [1.54, 1.807) is 6.07 Å². The van der Waals surface area contributed by atoms with E-state index in [1.165, 1.54) is 12.1 Å². The summed E-state index contributed by atoms with van der Waals surface area (Å²) in [5.74, 6) is 0.967. The second kappa shape index (κ2) is 10.0. The number of guanidine groups is 1. The Balaban J connectivity index is 1.74. The van der Waals surface area contributed by atoms with Crippen LogP contribution in [0, 0.1) is 0 Å². The highest BCUT2D eigenvalue weighted by atomic mass is 19.4. The zero-order valence-electron chi connectivity index (χ0n) is 17.3. The number of hydrogen-bond donors (Lipinski definition) is 0. The van der Waals surface area contributed by atoms with Gasteiger partial charge in [0.1, 0.15) is 0 Å². The Labute approximate surface area is 166 Å². The molecule has 5 nitrogen and oxygen atoms in total. The zero-order valence-corrected chi connectivity index (χ0v) is 17.3. The highest BCUT2D eigenvalue weighted by Gasteiger charge is 2.31. The lowest BCUT2D eigenvalue weighted by atomic mass is 10.1. The summed E-state index contributed by atoms with van der Waals surface area (Å²) in [6.07, 6.45) is -2.19. The third kappa shape index (κ3) is 6.58. The van der Waals surface area contributed by atoms with Gasteiger partial charge < -0.3 is 14.7 Å². The van der Waals surface area contributed by atoms with Crippen LogP contribution in [0.25, 0.3) is 0 Å². The first-order valence-electron chi connectivity index (χ1n) is 9.72. The fourth-order valence-corrected chi connectivity index (χ4v) is 3.42. The van der Waals surface area contributed by atoms with Crippen molar-refractivity contribution in [3.05, 3.63) is 29.8 Å². The largest absolute Gasteiger partial charge is 0.416 e. The third-order valence-corrected chi connectivity index (χ3v) is 4.85. The lowest BCUT2D eigenvalue weighted by molar-refractivity contribution is -0.137. The Bertz CT molecular complexity index is 625. The van der Waals surface area contributed by atoms with Gasteiger partial charge in [-0.05, 0) is 37.6 Å². The third-order valence-electron chi connectivity index (χ3n) is 4.85. The molecule has 0 radical (unpaired) electrons. The molecule has 1 aromatic rings. The van der Waals surface area contributed by atoms with E-state index in [4.69, 9.17) is 0 Å². The molecule has 1 saturated heterocycles. The van der Waals surface area contributed by atoms with E-state index in [9.17, 15) is 13.2 Å². The standard InChI is InChI=1S/C20H32F3N5/c1-25(2)19(26(3)4)24-10-5-6-11-27-12-14-28(15-13-27)18-9-7-8-17(16-18)20(21,22)23/h7-9,16H,5-6,10-15H2,1-4H3. The summed E-state index contributed by atoms with van der Waals surface area (Å²) in [5, 5.41) is 0. The van der Waals surface area contributed by atoms with Gasteiger partial charge in [-0.25, -0.2) is 0 Å². The van der Waals surface area contributed by atoms with E-state index < -0.39 is 11.7 Å². The Morgan fingerprint density at radius 2 is 1.64 bits per heavy atom. The van der Waals surface area contributed by atoms with Gasteiger partial charge in [0, 0.05) is 66.6 Å². The minimum absolute atomic E-state index is 0.581. The van der Waals surface area contributed by atoms with Crippen LogP contribution in [0.2, 0.25) is 0 Å². The van der Waals surface area contributed by atoms with Crippen LogP contribution in [0.4, 0.5) is 18.9 Å². The van der Waals surface area contributed by atoms with Gasteiger partial charge in [-0.15, -0.1) is 0 Å². The van der Waals surface area contributed by atoms with Crippen LogP contribution in [-0.4, -0.2) is 88.1 Å². The zero-order chi connectivity index (χ0) is 20.7. The number of anilines is 1. The molecule has 2 rings (SSSR count). The maximum Gasteiger partial charge on any atom is 0.416 e. The molecule has 1 aliphatic heterocycles. The number of benzene rings is 1. The summed E-state index contributed by atoms with van der Waals surface area (Å²) in [5.41, 5.74) is 0.0755. The normalized spacial score (nSPS) is 15.5. The van der Waals surface area contributed by atoms with Crippen molar-refractivity contribution in [3.8, 4) is 0 Å². The van der Waals surface area contributed by atoms with Gasteiger partial charge in [0.25, 0.3) is 0 Å². The number of halogens is 3. The quantitative estimate of drug-likeness (QED) is 0.417.